The molecule has 3 aromatic rings. The first-order valence-electron chi connectivity index (χ1n) is 6.44. The summed E-state index contributed by atoms with van der Waals surface area (Å²) in [5.41, 5.74) is 2.25. The van der Waals surface area contributed by atoms with Crippen LogP contribution >= 0.6 is 0 Å². The second-order valence-electron chi connectivity index (χ2n) is 4.49. The highest BCUT2D eigenvalue weighted by Gasteiger charge is 2.01. The Morgan fingerprint density at radius 3 is 2.00 bits per heavy atom. The van der Waals surface area contributed by atoms with Crippen LogP contribution < -0.4 is 4.74 Å². The van der Waals surface area contributed by atoms with Crippen molar-refractivity contribution in [3.63, 3.8) is 0 Å². The van der Waals surface area contributed by atoms with Gasteiger partial charge in [-0.2, -0.15) is 0 Å². The van der Waals surface area contributed by atoms with E-state index in [1.54, 1.807) is 18.2 Å². The SMILES string of the molecule is Oc1cccc(Oc2cccc(-c3ccccc3)c2)c1. The molecule has 20 heavy (non-hydrogen) atoms. The van der Waals surface area contributed by atoms with Gasteiger partial charge in [0, 0.05) is 6.07 Å². The van der Waals surface area contributed by atoms with Gasteiger partial charge in [0.25, 0.3) is 0 Å². The zero-order chi connectivity index (χ0) is 13.8. The van der Waals surface area contributed by atoms with E-state index in [1.165, 1.54) is 0 Å². The Morgan fingerprint density at radius 1 is 0.600 bits per heavy atom. The Bertz CT molecular complexity index is 705. The van der Waals surface area contributed by atoms with Crippen molar-refractivity contribution in [2.24, 2.45) is 0 Å². The van der Waals surface area contributed by atoms with Gasteiger partial charge in [0.05, 0.1) is 0 Å². The molecule has 0 bridgehead atoms. The molecule has 0 amide bonds. The third-order valence-corrected chi connectivity index (χ3v) is 2.99. The Labute approximate surface area is 117 Å². The smallest absolute Gasteiger partial charge is 0.131 e. The third kappa shape index (κ3) is 2.81. The van der Waals surface area contributed by atoms with Gasteiger partial charge in [0.2, 0.25) is 0 Å². The fourth-order valence-electron chi connectivity index (χ4n) is 2.05. The minimum Gasteiger partial charge on any atom is -0.508 e. The molecule has 98 valence electrons. The fraction of sp³-hybridized carbons (Fsp3) is 0. The van der Waals surface area contributed by atoms with Gasteiger partial charge in [-0.1, -0.05) is 48.5 Å². The predicted octanol–water partition coefficient (Wildman–Crippen LogP) is 4.85. The van der Waals surface area contributed by atoms with E-state index in [-0.39, 0.29) is 5.75 Å². The third-order valence-electron chi connectivity index (χ3n) is 2.99. The molecule has 0 aromatic heterocycles. The molecular weight excluding hydrogens is 248 g/mol. The van der Waals surface area contributed by atoms with E-state index in [1.807, 2.05) is 48.5 Å². The van der Waals surface area contributed by atoms with Gasteiger partial charge in [-0.05, 0) is 35.4 Å². The summed E-state index contributed by atoms with van der Waals surface area (Å²) in [5.74, 6) is 1.56. The molecule has 0 aliphatic rings. The maximum atomic E-state index is 9.44. The molecule has 0 atom stereocenters. The lowest BCUT2D eigenvalue weighted by Crippen LogP contribution is -1.85. The van der Waals surface area contributed by atoms with E-state index < -0.39 is 0 Å². The van der Waals surface area contributed by atoms with Gasteiger partial charge in [-0.25, -0.2) is 0 Å². The number of rotatable bonds is 3. The maximum Gasteiger partial charge on any atom is 0.131 e. The van der Waals surface area contributed by atoms with Crippen LogP contribution in [-0.4, -0.2) is 5.11 Å². The summed E-state index contributed by atoms with van der Waals surface area (Å²) in [6.07, 6.45) is 0. The van der Waals surface area contributed by atoms with Gasteiger partial charge in [-0.3, -0.25) is 0 Å². The van der Waals surface area contributed by atoms with Crippen molar-refractivity contribution >= 4 is 0 Å². The van der Waals surface area contributed by atoms with Crippen molar-refractivity contribution < 1.29 is 9.84 Å². The summed E-state index contributed by atoms with van der Waals surface area (Å²) < 4.78 is 5.76. The first-order chi connectivity index (χ1) is 9.81. The van der Waals surface area contributed by atoms with Crippen LogP contribution in [0.3, 0.4) is 0 Å². The van der Waals surface area contributed by atoms with Crippen molar-refractivity contribution in [3.8, 4) is 28.4 Å². The Hall–Kier alpha value is -2.74. The lowest BCUT2D eigenvalue weighted by atomic mass is 10.1. The molecule has 2 nitrogen and oxygen atoms in total. The van der Waals surface area contributed by atoms with Crippen molar-refractivity contribution in [2.75, 3.05) is 0 Å². The van der Waals surface area contributed by atoms with E-state index in [2.05, 4.69) is 12.1 Å². The molecule has 0 heterocycles. The van der Waals surface area contributed by atoms with Crippen LogP contribution in [0.2, 0.25) is 0 Å². The minimum atomic E-state index is 0.196. The average Bonchev–Trinajstić information content (AvgIpc) is 2.48. The zero-order valence-electron chi connectivity index (χ0n) is 10.9. The minimum absolute atomic E-state index is 0.196. The van der Waals surface area contributed by atoms with E-state index in [0.717, 1.165) is 16.9 Å². The van der Waals surface area contributed by atoms with Crippen molar-refractivity contribution in [1.82, 2.24) is 0 Å². The molecule has 0 radical (unpaired) electrons. The molecule has 0 saturated carbocycles. The molecule has 0 unspecified atom stereocenters. The Morgan fingerprint density at radius 2 is 1.25 bits per heavy atom. The summed E-state index contributed by atoms with van der Waals surface area (Å²) in [7, 11) is 0. The number of benzene rings is 3. The van der Waals surface area contributed by atoms with Crippen LogP contribution in [0, 0.1) is 0 Å². The largest absolute Gasteiger partial charge is 0.508 e. The van der Waals surface area contributed by atoms with E-state index in [4.69, 9.17) is 4.74 Å². The zero-order valence-corrected chi connectivity index (χ0v) is 10.9. The van der Waals surface area contributed by atoms with Crippen molar-refractivity contribution in [3.05, 3.63) is 78.9 Å². The monoisotopic (exact) mass is 262 g/mol. The van der Waals surface area contributed by atoms with Gasteiger partial charge in [0.15, 0.2) is 0 Å². The Balaban J connectivity index is 1.88. The number of ether oxygens (including phenoxy) is 1. The van der Waals surface area contributed by atoms with Crippen molar-refractivity contribution in [1.29, 1.82) is 0 Å². The van der Waals surface area contributed by atoms with Crippen LogP contribution in [0.25, 0.3) is 11.1 Å². The van der Waals surface area contributed by atoms with Gasteiger partial charge in [-0.15, -0.1) is 0 Å². The molecule has 3 rings (SSSR count). The highest BCUT2D eigenvalue weighted by atomic mass is 16.5. The van der Waals surface area contributed by atoms with Gasteiger partial charge in [0.1, 0.15) is 17.2 Å². The molecule has 0 aliphatic carbocycles. The molecule has 2 heteroatoms. The van der Waals surface area contributed by atoms with Gasteiger partial charge >= 0.3 is 0 Å². The number of hydrogen-bond donors (Lipinski definition) is 1. The molecule has 0 aliphatic heterocycles. The second-order valence-corrected chi connectivity index (χ2v) is 4.49. The summed E-state index contributed by atoms with van der Waals surface area (Å²) in [4.78, 5) is 0. The maximum absolute atomic E-state index is 9.44. The molecule has 0 spiro atoms. The van der Waals surface area contributed by atoms with E-state index in [9.17, 15) is 5.11 Å². The highest BCUT2D eigenvalue weighted by molar-refractivity contribution is 5.65. The lowest BCUT2D eigenvalue weighted by molar-refractivity contribution is 0.455. The predicted molar refractivity (Wildman–Crippen MR) is 80.1 cm³/mol. The standard InChI is InChI=1S/C18H14O2/c19-16-9-5-11-18(13-16)20-17-10-4-8-15(12-17)14-6-2-1-3-7-14/h1-13,19H. The van der Waals surface area contributed by atoms with Crippen LogP contribution in [0.15, 0.2) is 78.9 Å². The topological polar surface area (TPSA) is 29.5 Å². The van der Waals surface area contributed by atoms with Gasteiger partial charge < -0.3 is 9.84 Å². The quantitative estimate of drug-likeness (QED) is 0.731. The Kier molecular flexibility index (Phi) is 3.38. The van der Waals surface area contributed by atoms with Crippen molar-refractivity contribution in [2.45, 2.75) is 0 Å². The normalized spacial score (nSPS) is 10.2. The number of phenolic OH excluding ortho intramolecular Hbond substituents is 1. The van der Waals surface area contributed by atoms with Crippen LogP contribution in [0.4, 0.5) is 0 Å². The van der Waals surface area contributed by atoms with E-state index in [0.29, 0.717) is 5.75 Å². The van der Waals surface area contributed by atoms with Crippen LogP contribution in [-0.2, 0) is 0 Å². The number of aromatic hydroxyl groups is 1. The summed E-state index contributed by atoms with van der Waals surface area (Å²) >= 11 is 0. The summed E-state index contributed by atoms with van der Waals surface area (Å²) in [6.45, 7) is 0. The van der Waals surface area contributed by atoms with Crippen LogP contribution in [0.5, 0.6) is 17.2 Å². The first kappa shape index (κ1) is 12.3. The number of hydrogen-bond acceptors (Lipinski definition) is 2. The molecule has 1 N–H and O–H groups in total. The number of phenols is 1. The average molecular weight is 262 g/mol. The summed E-state index contributed by atoms with van der Waals surface area (Å²) in [5, 5.41) is 9.44. The summed E-state index contributed by atoms with van der Waals surface area (Å²) in [6, 6.07) is 24.8. The molecule has 0 fully saturated rings. The van der Waals surface area contributed by atoms with E-state index >= 15 is 0 Å². The lowest BCUT2D eigenvalue weighted by Gasteiger charge is -2.08. The second kappa shape index (κ2) is 5.49. The first-order valence-corrected chi connectivity index (χ1v) is 6.44. The molecular formula is C18H14O2. The fourth-order valence-corrected chi connectivity index (χ4v) is 2.05. The molecule has 3 aromatic carbocycles. The molecule has 0 saturated heterocycles. The highest BCUT2D eigenvalue weighted by Crippen LogP contribution is 2.28. The van der Waals surface area contributed by atoms with Crippen LogP contribution in [0.1, 0.15) is 0 Å².